The maximum absolute atomic E-state index is 12.3. The van der Waals surface area contributed by atoms with E-state index in [-0.39, 0.29) is 30.3 Å². The molecule has 0 aliphatic carbocycles. The summed E-state index contributed by atoms with van der Waals surface area (Å²) in [5.41, 5.74) is 1.13. The Balaban J connectivity index is 1.98. The topological polar surface area (TPSA) is 55.4 Å². The number of rotatable bonds is 7. The molecule has 0 aliphatic heterocycles. The lowest BCUT2D eigenvalue weighted by Crippen LogP contribution is -2.30. The van der Waals surface area contributed by atoms with E-state index in [1.54, 1.807) is 0 Å². The van der Waals surface area contributed by atoms with Crippen LogP contribution < -0.4 is 5.32 Å². The minimum atomic E-state index is -0.335. The number of thiophene rings is 1. The zero-order valence-corrected chi connectivity index (χ0v) is 14.1. The molecule has 0 spiro atoms. The van der Waals surface area contributed by atoms with E-state index in [4.69, 9.17) is 4.74 Å². The summed E-state index contributed by atoms with van der Waals surface area (Å²) in [5.74, 6) is -0.276. The first-order chi connectivity index (χ1) is 11.1. The van der Waals surface area contributed by atoms with Crippen LogP contribution in [0.4, 0.5) is 0 Å². The summed E-state index contributed by atoms with van der Waals surface area (Å²) in [4.78, 5) is 24.9. The fourth-order valence-electron chi connectivity index (χ4n) is 2.39. The van der Waals surface area contributed by atoms with E-state index >= 15 is 0 Å². The standard InChI is InChI=1S/C18H21NO3S/c1-13(14-7-4-3-5-8-14)11-17(20)19-15(12-18(21)22-2)16-9-6-10-23-16/h3-10,13,15H,11-12H2,1-2H3,(H,19,20). The monoisotopic (exact) mass is 331 g/mol. The van der Waals surface area contributed by atoms with E-state index < -0.39 is 0 Å². The van der Waals surface area contributed by atoms with Crippen molar-refractivity contribution in [2.24, 2.45) is 0 Å². The highest BCUT2D eigenvalue weighted by Gasteiger charge is 2.21. The summed E-state index contributed by atoms with van der Waals surface area (Å²) in [5, 5.41) is 4.88. The van der Waals surface area contributed by atoms with Crippen molar-refractivity contribution in [3.05, 3.63) is 58.3 Å². The second-order valence-corrected chi connectivity index (χ2v) is 6.41. The van der Waals surface area contributed by atoms with Crippen molar-refractivity contribution in [1.29, 1.82) is 0 Å². The molecule has 2 atom stereocenters. The quantitative estimate of drug-likeness (QED) is 0.788. The second-order valence-electron chi connectivity index (χ2n) is 5.43. The molecule has 0 saturated carbocycles. The number of ether oxygens (including phenoxy) is 1. The van der Waals surface area contributed by atoms with Gasteiger partial charge in [-0.05, 0) is 22.9 Å². The van der Waals surface area contributed by atoms with Crippen molar-refractivity contribution in [2.75, 3.05) is 7.11 Å². The van der Waals surface area contributed by atoms with Gasteiger partial charge in [0.25, 0.3) is 0 Å². The highest BCUT2D eigenvalue weighted by Crippen LogP contribution is 2.24. The Labute approximate surface area is 140 Å². The maximum atomic E-state index is 12.3. The molecule has 0 saturated heterocycles. The first-order valence-corrected chi connectivity index (χ1v) is 8.42. The molecule has 1 amide bonds. The van der Waals surface area contributed by atoms with Gasteiger partial charge in [-0.25, -0.2) is 0 Å². The Morgan fingerprint density at radius 1 is 1.13 bits per heavy atom. The van der Waals surface area contributed by atoms with Gasteiger partial charge in [-0.3, -0.25) is 9.59 Å². The highest BCUT2D eigenvalue weighted by molar-refractivity contribution is 7.10. The molecule has 0 radical (unpaired) electrons. The minimum absolute atomic E-state index is 0.0661. The van der Waals surface area contributed by atoms with Gasteiger partial charge in [-0.1, -0.05) is 43.3 Å². The number of methoxy groups -OCH3 is 1. The van der Waals surface area contributed by atoms with Gasteiger partial charge in [0.05, 0.1) is 19.6 Å². The number of benzene rings is 1. The molecule has 23 heavy (non-hydrogen) atoms. The third kappa shape index (κ3) is 5.21. The van der Waals surface area contributed by atoms with Crippen molar-refractivity contribution in [3.8, 4) is 0 Å². The smallest absolute Gasteiger partial charge is 0.307 e. The van der Waals surface area contributed by atoms with Crippen molar-refractivity contribution in [1.82, 2.24) is 5.32 Å². The number of nitrogens with one attached hydrogen (secondary N) is 1. The van der Waals surface area contributed by atoms with E-state index in [9.17, 15) is 9.59 Å². The van der Waals surface area contributed by atoms with Gasteiger partial charge >= 0.3 is 5.97 Å². The lowest BCUT2D eigenvalue weighted by Gasteiger charge is -2.18. The summed E-state index contributed by atoms with van der Waals surface area (Å²) >= 11 is 1.52. The Kier molecular flexibility index (Phi) is 6.35. The first kappa shape index (κ1) is 17.2. The van der Waals surface area contributed by atoms with Crippen LogP contribution in [0, 0.1) is 0 Å². The van der Waals surface area contributed by atoms with Gasteiger partial charge in [0.2, 0.25) is 5.91 Å². The van der Waals surface area contributed by atoms with Crippen LogP contribution in [0.25, 0.3) is 0 Å². The lowest BCUT2D eigenvalue weighted by atomic mass is 9.97. The van der Waals surface area contributed by atoms with Crippen molar-refractivity contribution in [2.45, 2.75) is 31.7 Å². The fraction of sp³-hybridized carbons (Fsp3) is 0.333. The second kappa shape index (κ2) is 8.48. The predicted molar refractivity (Wildman–Crippen MR) is 91.3 cm³/mol. The minimum Gasteiger partial charge on any atom is -0.469 e. The lowest BCUT2D eigenvalue weighted by molar-refractivity contribution is -0.141. The van der Waals surface area contributed by atoms with E-state index in [0.29, 0.717) is 6.42 Å². The average Bonchev–Trinajstić information content (AvgIpc) is 3.09. The molecular formula is C18H21NO3S. The van der Waals surface area contributed by atoms with E-state index in [2.05, 4.69) is 5.32 Å². The first-order valence-electron chi connectivity index (χ1n) is 7.54. The summed E-state index contributed by atoms with van der Waals surface area (Å²) < 4.78 is 4.73. The number of carbonyl (C=O) groups is 2. The molecular weight excluding hydrogens is 310 g/mol. The third-order valence-electron chi connectivity index (χ3n) is 3.68. The molecule has 2 rings (SSSR count). The van der Waals surface area contributed by atoms with Gasteiger partial charge < -0.3 is 10.1 Å². The Morgan fingerprint density at radius 2 is 1.87 bits per heavy atom. The Bertz CT molecular complexity index is 625. The van der Waals surface area contributed by atoms with Crippen LogP contribution in [-0.4, -0.2) is 19.0 Å². The molecule has 0 fully saturated rings. The maximum Gasteiger partial charge on any atom is 0.307 e. The van der Waals surface area contributed by atoms with Crippen molar-refractivity contribution < 1.29 is 14.3 Å². The molecule has 1 heterocycles. The molecule has 0 aliphatic rings. The SMILES string of the molecule is COC(=O)CC(NC(=O)CC(C)c1ccccc1)c1cccs1. The summed E-state index contributed by atoms with van der Waals surface area (Å²) in [6.07, 6.45) is 0.523. The Hall–Kier alpha value is -2.14. The van der Waals surface area contributed by atoms with Crippen LogP contribution in [0.1, 0.15) is 42.2 Å². The van der Waals surface area contributed by atoms with Crippen LogP contribution >= 0.6 is 11.3 Å². The van der Waals surface area contributed by atoms with Gasteiger partial charge in [-0.2, -0.15) is 0 Å². The van der Waals surface area contributed by atoms with Crippen LogP contribution in [0.3, 0.4) is 0 Å². The molecule has 1 aromatic heterocycles. The van der Waals surface area contributed by atoms with Crippen molar-refractivity contribution in [3.63, 3.8) is 0 Å². The van der Waals surface area contributed by atoms with Crippen LogP contribution in [0.5, 0.6) is 0 Å². The van der Waals surface area contributed by atoms with Gasteiger partial charge in [0, 0.05) is 11.3 Å². The van der Waals surface area contributed by atoms with Gasteiger partial charge in [-0.15, -0.1) is 11.3 Å². The van der Waals surface area contributed by atoms with Crippen molar-refractivity contribution >= 4 is 23.2 Å². The summed E-state index contributed by atoms with van der Waals surface area (Å²) in [6.45, 7) is 2.02. The largest absolute Gasteiger partial charge is 0.469 e. The number of hydrogen-bond acceptors (Lipinski definition) is 4. The molecule has 0 bridgehead atoms. The summed E-state index contributed by atoms with van der Waals surface area (Å²) in [6, 6.07) is 13.4. The third-order valence-corrected chi connectivity index (χ3v) is 4.67. The van der Waals surface area contributed by atoms with Crippen LogP contribution in [0.15, 0.2) is 47.8 Å². The van der Waals surface area contributed by atoms with E-state index in [1.165, 1.54) is 18.4 Å². The number of hydrogen-bond donors (Lipinski definition) is 1. The van der Waals surface area contributed by atoms with Crippen LogP contribution in [-0.2, 0) is 14.3 Å². The molecule has 2 aromatic rings. The molecule has 1 aromatic carbocycles. The summed E-state index contributed by atoms with van der Waals surface area (Å²) in [7, 11) is 1.35. The van der Waals surface area contributed by atoms with Gasteiger partial charge in [0.15, 0.2) is 0 Å². The highest BCUT2D eigenvalue weighted by atomic mass is 32.1. The van der Waals surface area contributed by atoms with E-state index in [0.717, 1.165) is 10.4 Å². The zero-order valence-electron chi connectivity index (χ0n) is 13.3. The normalized spacial score (nSPS) is 13.1. The molecule has 1 N–H and O–H groups in total. The zero-order chi connectivity index (χ0) is 16.7. The number of carbonyl (C=O) groups excluding carboxylic acids is 2. The Morgan fingerprint density at radius 3 is 2.48 bits per heavy atom. The predicted octanol–water partition coefficient (Wildman–Crippen LogP) is 3.66. The molecule has 4 nitrogen and oxygen atoms in total. The molecule has 122 valence electrons. The van der Waals surface area contributed by atoms with Crippen LogP contribution in [0.2, 0.25) is 0 Å². The fourth-order valence-corrected chi connectivity index (χ4v) is 3.17. The number of esters is 1. The molecule has 5 heteroatoms. The number of amides is 1. The molecule has 2 unspecified atom stereocenters. The van der Waals surface area contributed by atoms with E-state index in [1.807, 2.05) is 54.8 Å². The van der Waals surface area contributed by atoms with Gasteiger partial charge in [0.1, 0.15) is 0 Å². The average molecular weight is 331 g/mol.